The Labute approximate surface area is 126 Å². The van der Waals surface area contributed by atoms with Crippen molar-refractivity contribution >= 4 is 27.2 Å². The lowest BCUT2D eigenvalue weighted by atomic mass is 10.1. The van der Waals surface area contributed by atoms with Gasteiger partial charge >= 0.3 is 0 Å². The number of benzene rings is 1. The van der Waals surface area contributed by atoms with Crippen LogP contribution in [-0.2, 0) is 15.8 Å². The van der Waals surface area contributed by atoms with Gasteiger partial charge in [-0.05, 0) is 18.1 Å². The van der Waals surface area contributed by atoms with E-state index in [9.17, 15) is 8.42 Å². The molecule has 0 aliphatic heterocycles. The molecule has 6 heteroatoms. The number of rotatable bonds is 9. The van der Waals surface area contributed by atoms with Gasteiger partial charge in [-0.2, -0.15) is 0 Å². The van der Waals surface area contributed by atoms with Crippen LogP contribution in [-0.4, -0.2) is 20.0 Å². The number of nitrogens with one attached hydrogen (secondary N) is 1. The number of sulfonamides is 1. The van der Waals surface area contributed by atoms with Crippen molar-refractivity contribution in [2.75, 3.05) is 6.54 Å². The molecule has 0 aromatic heterocycles. The Hall–Kier alpha value is -0.980. The van der Waals surface area contributed by atoms with Gasteiger partial charge in [0.25, 0.3) is 0 Å². The zero-order valence-corrected chi connectivity index (χ0v) is 13.4. The molecule has 0 aliphatic carbocycles. The maximum atomic E-state index is 11.9. The van der Waals surface area contributed by atoms with Crippen LogP contribution in [0.5, 0.6) is 0 Å². The lowest BCUT2D eigenvalue weighted by molar-refractivity contribution is 0.573. The molecule has 1 rings (SSSR count). The lowest BCUT2D eigenvalue weighted by Gasteiger charge is -2.08. The largest absolute Gasteiger partial charge is 0.389 e. The topological polar surface area (TPSA) is 72.2 Å². The van der Waals surface area contributed by atoms with Gasteiger partial charge in [-0.25, -0.2) is 13.1 Å². The molecule has 0 radical (unpaired) electrons. The molecule has 0 saturated carbocycles. The van der Waals surface area contributed by atoms with E-state index < -0.39 is 10.0 Å². The summed E-state index contributed by atoms with van der Waals surface area (Å²) in [5.74, 6) is -0.0444. The minimum absolute atomic E-state index is 0.0444. The van der Waals surface area contributed by atoms with E-state index in [1.807, 2.05) is 0 Å². The fourth-order valence-corrected chi connectivity index (χ4v) is 3.17. The van der Waals surface area contributed by atoms with Crippen LogP contribution in [0.2, 0.25) is 0 Å². The molecular formula is C14H22N2O2S2. The Bertz CT molecular complexity index is 542. The molecule has 1 aromatic rings. The van der Waals surface area contributed by atoms with Gasteiger partial charge in [0.05, 0.1) is 5.75 Å². The van der Waals surface area contributed by atoms with Crippen molar-refractivity contribution in [2.24, 2.45) is 5.73 Å². The van der Waals surface area contributed by atoms with Crippen LogP contribution in [0.3, 0.4) is 0 Å². The number of hydrogen-bond donors (Lipinski definition) is 2. The molecule has 0 amide bonds. The highest BCUT2D eigenvalue weighted by molar-refractivity contribution is 7.88. The van der Waals surface area contributed by atoms with E-state index in [0.29, 0.717) is 17.7 Å². The Kier molecular flexibility index (Phi) is 7.12. The summed E-state index contributed by atoms with van der Waals surface area (Å²) in [5, 5.41) is 0. The van der Waals surface area contributed by atoms with E-state index in [4.69, 9.17) is 18.0 Å². The van der Waals surface area contributed by atoms with Crippen LogP contribution in [0.1, 0.15) is 43.7 Å². The summed E-state index contributed by atoms with van der Waals surface area (Å²) < 4.78 is 26.5. The van der Waals surface area contributed by atoms with Crippen molar-refractivity contribution in [3.63, 3.8) is 0 Å². The summed E-state index contributed by atoms with van der Waals surface area (Å²) in [6, 6.07) is 7.02. The highest BCUT2D eigenvalue weighted by atomic mass is 32.2. The summed E-state index contributed by atoms with van der Waals surface area (Å²) >= 11 is 4.89. The summed E-state index contributed by atoms with van der Waals surface area (Å²) in [5.41, 5.74) is 6.92. The van der Waals surface area contributed by atoms with Crippen LogP contribution in [0.4, 0.5) is 0 Å². The monoisotopic (exact) mass is 314 g/mol. The van der Waals surface area contributed by atoms with Crippen molar-refractivity contribution < 1.29 is 8.42 Å². The van der Waals surface area contributed by atoms with Gasteiger partial charge in [0.15, 0.2) is 0 Å². The van der Waals surface area contributed by atoms with Crippen LogP contribution >= 0.6 is 12.2 Å². The minimum Gasteiger partial charge on any atom is -0.389 e. The molecule has 0 spiro atoms. The molecule has 0 bridgehead atoms. The van der Waals surface area contributed by atoms with Gasteiger partial charge in [-0.15, -0.1) is 0 Å². The smallest absolute Gasteiger partial charge is 0.215 e. The second-order valence-electron chi connectivity index (χ2n) is 4.78. The van der Waals surface area contributed by atoms with E-state index in [2.05, 4.69) is 11.6 Å². The zero-order chi connectivity index (χ0) is 15.0. The molecule has 0 unspecified atom stereocenters. The zero-order valence-electron chi connectivity index (χ0n) is 11.8. The molecular weight excluding hydrogens is 292 g/mol. The van der Waals surface area contributed by atoms with E-state index in [1.54, 1.807) is 24.3 Å². The number of nitrogens with two attached hydrogens (primary N) is 1. The Morgan fingerprint density at radius 2 is 2.05 bits per heavy atom. The Morgan fingerprint density at radius 1 is 1.30 bits per heavy atom. The maximum Gasteiger partial charge on any atom is 0.215 e. The first-order valence-electron chi connectivity index (χ1n) is 6.80. The first-order valence-corrected chi connectivity index (χ1v) is 8.87. The van der Waals surface area contributed by atoms with Gasteiger partial charge < -0.3 is 5.73 Å². The molecule has 0 aliphatic rings. The Morgan fingerprint density at radius 3 is 2.70 bits per heavy atom. The number of unbranched alkanes of at least 4 members (excludes halogenated alkanes) is 3. The van der Waals surface area contributed by atoms with Crippen LogP contribution in [0.15, 0.2) is 24.3 Å². The fourth-order valence-electron chi connectivity index (χ4n) is 1.86. The third-order valence-electron chi connectivity index (χ3n) is 2.92. The van der Waals surface area contributed by atoms with Gasteiger partial charge in [0.2, 0.25) is 10.0 Å². The molecule has 0 heterocycles. The molecule has 4 nitrogen and oxygen atoms in total. The molecule has 0 fully saturated rings. The van der Waals surface area contributed by atoms with Gasteiger partial charge in [0.1, 0.15) is 4.99 Å². The summed E-state index contributed by atoms with van der Waals surface area (Å²) in [6.07, 6.45) is 4.20. The average Bonchev–Trinajstić information content (AvgIpc) is 2.38. The molecule has 20 heavy (non-hydrogen) atoms. The van der Waals surface area contributed by atoms with E-state index in [0.717, 1.165) is 25.7 Å². The number of hydrogen-bond acceptors (Lipinski definition) is 3. The second-order valence-corrected chi connectivity index (χ2v) is 7.03. The standard InChI is InChI=1S/C14H22N2O2S2/c1-2-3-4-5-9-16-20(17,18)11-12-7-6-8-13(10-12)14(15)19/h6-8,10,16H,2-5,9,11H2,1H3,(H2,15,19). The highest BCUT2D eigenvalue weighted by Crippen LogP contribution is 2.09. The van der Waals surface area contributed by atoms with Crippen molar-refractivity contribution in [1.29, 1.82) is 0 Å². The van der Waals surface area contributed by atoms with Gasteiger partial charge in [-0.1, -0.05) is 56.6 Å². The SMILES string of the molecule is CCCCCCNS(=O)(=O)Cc1cccc(C(N)=S)c1. The first kappa shape index (κ1) is 17.1. The van der Waals surface area contributed by atoms with Crippen molar-refractivity contribution in [3.8, 4) is 0 Å². The predicted molar refractivity (Wildman–Crippen MR) is 87.1 cm³/mol. The van der Waals surface area contributed by atoms with Crippen LogP contribution in [0, 0.1) is 0 Å². The van der Waals surface area contributed by atoms with Crippen molar-refractivity contribution in [1.82, 2.24) is 4.72 Å². The molecule has 0 saturated heterocycles. The molecule has 0 atom stereocenters. The predicted octanol–water partition coefficient (Wildman–Crippen LogP) is 2.32. The fraction of sp³-hybridized carbons (Fsp3) is 0.500. The third-order valence-corrected chi connectivity index (χ3v) is 4.51. The normalized spacial score (nSPS) is 11.4. The maximum absolute atomic E-state index is 11.9. The summed E-state index contributed by atoms with van der Waals surface area (Å²) in [6.45, 7) is 2.62. The third kappa shape index (κ3) is 6.45. The molecule has 112 valence electrons. The van der Waals surface area contributed by atoms with E-state index in [-0.39, 0.29) is 10.7 Å². The van der Waals surface area contributed by atoms with E-state index >= 15 is 0 Å². The Balaban J connectivity index is 2.53. The van der Waals surface area contributed by atoms with Crippen molar-refractivity contribution in [3.05, 3.63) is 35.4 Å². The van der Waals surface area contributed by atoms with Crippen LogP contribution in [0.25, 0.3) is 0 Å². The van der Waals surface area contributed by atoms with Gasteiger partial charge in [-0.3, -0.25) is 0 Å². The minimum atomic E-state index is -3.30. The van der Waals surface area contributed by atoms with E-state index in [1.165, 1.54) is 0 Å². The van der Waals surface area contributed by atoms with Crippen LogP contribution < -0.4 is 10.5 Å². The quantitative estimate of drug-likeness (QED) is 0.542. The van der Waals surface area contributed by atoms with Crippen molar-refractivity contribution in [2.45, 2.75) is 38.4 Å². The summed E-state index contributed by atoms with van der Waals surface area (Å²) in [7, 11) is -3.30. The van der Waals surface area contributed by atoms with Gasteiger partial charge in [0, 0.05) is 12.1 Å². The first-order chi connectivity index (χ1) is 9.44. The second kappa shape index (κ2) is 8.34. The molecule has 3 N–H and O–H groups in total. The number of thiocarbonyl (C=S) groups is 1. The average molecular weight is 314 g/mol. The highest BCUT2D eigenvalue weighted by Gasteiger charge is 2.11. The lowest BCUT2D eigenvalue weighted by Crippen LogP contribution is -2.26. The summed E-state index contributed by atoms with van der Waals surface area (Å²) in [4.78, 5) is 0.275. The molecule has 1 aromatic carbocycles.